The Labute approximate surface area is 176 Å². The van der Waals surface area contributed by atoms with Gasteiger partial charge in [0.2, 0.25) is 5.91 Å². The number of likely N-dealkylation sites (N-methyl/N-ethyl adjacent to an activating group) is 1. The van der Waals surface area contributed by atoms with Gasteiger partial charge in [-0.2, -0.15) is 0 Å². The van der Waals surface area contributed by atoms with Crippen LogP contribution in [0.2, 0.25) is 0 Å². The maximum atomic E-state index is 12.2. The number of non-ortho nitro benzene ring substituents is 1. The maximum absolute atomic E-state index is 12.2. The molecule has 0 saturated carbocycles. The molecule has 0 fully saturated rings. The second kappa shape index (κ2) is 9.19. The number of carbonyl (C=O) groups is 2. The van der Waals surface area contributed by atoms with E-state index in [9.17, 15) is 29.8 Å². The fraction of sp³-hybridized carbons (Fsp3) is 0.389. The van der Waals surface area contributed by atoms with E-state index in [1.807, 2.05) is 0 Å². The largest absolute Gasteiger partial charge is 0.444 e. The molecule has 0 saturated heterocycles. The second-order valence-corrected chi connectivity index (χ2v) is 7.48. The Morgan fingerprint density at radius 3 is 2.45 bits per heavy atom. The van der Waals surface area contributed by atoms with Crippen LogP contribution in [0.4, 0.5) is 16.2 Å². The van der Waals surface area contributed by atoms with Gasteiger partial charge < -0.3 is 15.4 Å². The van der Waals surface area contributed by atoms with E-state index in [2.05, 4.69) is 15.6 Å². The summed E-state index contributed by atoms with van der Waals surface area (Å²) >= 11 is 0. The zero-order chi connectivity index (χ0) is 23.3. The third-order valence-electron chi connectivity index (χ3n) is 3.95. The summed E-state index contributed by atoms with van der Waals surface area (Å²) in [5.74, 6) is -0.485. The molecule has 2 N–H and O–H groups in total. The van der Waals surface area contributed by atoms with E-state index < -0.39 is 44.9 Å². The van der Waals surface area contributed by atoms with Crippen molar-refractivity contribution in [1.29, 1.82) is 0 Å². The first-order valence-electron chi connectivity index (χ1n) is 9.08. The SMILES string of the molecule is CNC(=O)[C@H](Cc1cn(-c2ccc([N+](=O)[O-])cc2[N+](=O)[O-])cn1)NC(=O)OC(C)(C)C. The molecule has 166 valence electrons. The fourth-order valence-corrected chi connectivity index (χ4v) is 2.63. The van der Waals surface area contributed by atoms with Crippen molar-refractivity contribution < 1.29 is 24.2 Å². The van der Waals surface area contributed by atoms with Crippen LogP contribution in [-0.2, 0) is 16.0 Å². The summed E-state index contributed by atoms with van der Waals surface area (Å²) in [5, 5.41) is 27.2. The molecule has 0 radical (unpaired) electrons. The Morgan fingerprint density at radius 1 is 1.23 bits per heavy atom. The highest BCUT2D eigenvalue weighted by molar-refractivity contribution is 5.85. The van der Waals surface area contributed by atoms with Crippen molar-refractivity contribution in [2.24, 2.45) is 0 Å². The van der Waals surface area contributed by atoms with Gasteiger partial charge in [0.15, 0.2) is 0 Å². The van der Waals surface area contributed by atoms with Crippen LogP contribution in [0, 0.1) is 20.2 Å². The molecule has 1 aromatic carbocycles. The van der Waals surface area contributed by atoms with Crippen LogP contribution in [0.5, 0.6) is 0 Å². The molecule has 13 heteroatoms. The average Bonchev–Trinajstić information content (AvgIpc) is 3.13. The standard InChI is InChI=1S/C18H22N6O7/c1-18(2,3)31-17(26)21-13(16(25)19-4)7-11-9-22(10-20-11)14-6-5-12(23(27)28)8-15(14)24(29)30/h5-6,8-10,13H,7H2,1-4H3,(H,19,25)(H,21,26)/t13-/m0/s1. The number of hydrogen-bond donors (Lipinski definition) is 2. The lowest BCUT2D eigenvalue weighted by molar-refractivity contribution is -0.394. The molecule has 31 heavy (non-hydrogen) atoms. The topological polar surface area (TPSA) is 172 Å². The molecule has 0 aliphatic heterocycles. The minimum Gasteiger partial charge on any atom is -0.444 e. The lowest BCUT2D eigenvalue weighted by Gasteiger charge is -2.22. The first-order valence-corrected chi connectivity index (χ1v) is 9.08. The van der Waals surface area contributed by atoms with Crippen molar-refractivity contribution in [3.05, 3.63) is 56.6 Å². The average molecular weight is 434 g/mol. The molecule has 0 aliphatic carbocycles. The van der Waals surface area contributed by atoms with Crippen molar-refractivity contribution in [2.75, 3.05) is 7.05 Å². The molecule has 2 rings (SSSR count). The van der Waals surface area contributed by atoms with Crippen LogP contribution in [0.1, 0.15) is 26.5 Å². The summed E-state index contributed by atoms with van der Waals surface area (Å²) < 4.78 is 6.47. The molecule has 0 unspecified atom stereocenters. The van der Waals surface area contributed by atoms with E-state index >= 15 is 0 Å². The van der Waals surface area contributed by atoms with E-state index in [0.717, 1.165) is 12.1 Å². The van der Waals surface area contributed by atoms with E-state index in [-0.39, 0.29) is 12.1 Å². The van der Waals surface area contributed by atoms with Gasteiger partial charge in [-0.1, -0.05) is 0 Å². The lowest BCUT2D eigenvalue weighted by atomic mass is 10.1. The number of benzene rings is 1. The molecule has 1 atom stereocenters. The van der Waals surface area contributed by atoms with Gasteiger partial charge in [-0.25, -0.2) is 9.78 Å². The fourth-order valence-electron chi connectivity index (χ4n) is 2.63. The first kappa shape index (κ1) is 23.3. The van der Waals surface area contributed by atoms with Crippen LogP contribution in [-0.4, -0.2) is 50.1 Å². The minimum absolute atomic E-state index is 0.0211. The summed E-state index contributed by atoms with van der Waals surface area (Å²) in [6, 6.07) is 2.22. The number of rotatable bonds is 7. The van der Waals surface area contributed by atoms with Crippen LogP contribution in [0.25, 0.3) is 5.69 Å². The molecular weight excluding hydrogens is 412 g/mol. The Bertz CT molecular complexity index is 1010. The summed E-state index contributed by atoms with van der Waals surface area (Å²) in [6.45, 7) is 5.04. The smallest absolute Gasteiger partial charge is 0.408 e. The van der Waals surface area contributed by atoms with Gasteiger partial charge in [0, 0.05) is 25.7 Å². The van der Waals surface area contributed by atoms with Gasteiger partial charge in [0.1, 0.15) is 17.3 Å². The summed E-state index contributed by atoms with van der Waals surface area (Å²) in [6.07, 6.45) is 1.90. The zero-order valence-electron chi connectivity index (χ0n) is 17.3. The second-order valence-electron chi connectivity index (χ2n) is 7.48. The van der Waals surface area contributed by atoms with Gasteiger partial charge in [0.25, 0.3) is 11.4 Å². The Hall–Kier alpha value is -4.03. The predicted molar refractivity (Wildman–Crippen MR) is 108 cm³/mol. The van der Waals surface area contributed by atoms with E-state index in [4.69, 9.17) is 4.74 Å². The number of hydrogen-bond acceptors (Lipinski definition) is 8. The summed E-state index contributed by atoms with van der Waals surface area (Å²) in [4.78, 5) is 49.1. The highest BCUT2D eigenvalue weighted by Crippen LogP contribution is 2.28. The van der Waals surface area contributed by atoms with Crippen molar-refractivity contribution in [1.82, 2.24) is 20.2 Å². The molecule has 13 nitrogen and oxygen atoms in total. The summed E-state index contributed by atoms with van der Waals surface area (Å²) in [7, 11) is 1.41. The van der Waals surface area contributed by atoms with Crippen LogP contribution in [0.3, 0.4) is 0 Å². The Kier molecular flexibility index (Phi) is 6.89. The Balaban J connectivity index is 2.27. The number of carbonyl (C=O) groups excluding carboxylic acids is 2. The van der Waals surface area contributed by atoms with Gasteiger partial charge in [-0.3, -0.25) is 29.6 Å². The minimum atomic E-state index is -1.00. The number of aromatic nitrogens is 2. The van der Waals surface area contributed by atoms with E-state index in [1.54, 1.807) is 20.8 Å². The number of imidazole rings is 1. The van der Waals surface area contributed by atoms with Crippen molar-refractivity contribution >= 4 is 23.4 Å². The number of alkyl carbamates (subject to hydrolysis) is 1. The highest BCUT2D eigenvalue weighted by atomic mass is 16.6. The monoisotopic (exact) mass is 434 g/mol. The highest BCUT2D eigenvalue weighted by Gasteiger charge is 2.26. The molecule has 2 aromatic rings. The molecule has 0 aliphatic rings. The van der Waals surface area contributed by atoms with Crippen molar-refractivity contribution in [2.45, 2.75) is 38.8 Å². The molecule has 1 aromatic heterocycles. The number of nitro benzene ring substituents is 2. The third kappa shape index (κ3) is 6.22. The van der Waals surface area contributed by atoms with Crippen LogP contribution >= 0.6 is 0 Å². The van der Waals surface area contributed by atoms with E-state index in [1.165, 1.54) is 30.2 Å². The Morgan fingerprint density at radius 2 is 1.90 bits per heavy atom. The van der Waals surface area contributed by atoms with Gasteiger partial charge in [0.05, 0.1) is 27.9 Å². The molecule has 0 bridgehead atoms. The number of nitro groups is 2. The van der Waals surface area contributed by atoms with Crippen LogP contribution < -0.4 is 10.6 Å². The molecule has 0 spiro atoms. The van der Waals surface area contributed by atoms with E-state index in [0.29, 0.717) is 5.69 Å². The van der Waals surface area contributed by atoms with Gasteiger partial charge >= 0.3 is 6.09 Å². The number of ether oxygens (including phenoxy) is 1. The van der Waals surface area contributed by atoms with Gasteiger partial charge in [-0.05, 0) is 26.8 Å². The quantitative estimate of drug-likeness (QED) is 0.491. The summed E-state index contributed by atoms with van der Waals surface area (Å²) in [5.41, 5.74) is -1.25. The zero-order valence-corrected chi connectivity index (χ0v) is 17.3. The molecule has 2 amide bonds. The predicted octanol–water partition coefficient (Wildman–Crippen LogP) is 1.87. The maximum Gasteiger partial charge on any atom is 0.408 e. The molecular formula is C18H22N6O7. The number of nitrogens with one attached hydrogen (secondary N) is 2. The van der Waals surface area contributed by atoms with Crippen molar-refractivity contribution in [3.63, 3.8) is 0 Å². The number of amides is 2. The first-order chi connectivity index (χ1) is 14.4. The lowest BCUT2D eigenvalue weighted by Crippen LogP contribution is -2.48. The van der Waals surface area contributed by atoms with Crippen LogP contribution in [0.15, 0.2) is 30.7 Å². The van der Waals surface area contributed by atoms with Crippen molar-refractivity contribution in [3.8, 4) is 5.69 Å². The normalized spacial score (nSPS) is 12.0. The number of nitrogens with zero attached hydrogens (tertiary/aromatic N) is 4. The molecule has 1 heterocycles. The third-order valence-corrected chi connectivity index (χ3v) is 3.95. The van der Waals surface area contributed by atoms with Gasteiger partial charge in [-0.15, -0.1) is 0 Å².